The third kappa shape index (κ3) is 3.48. The molecule has 1 aromatic rings. The lowest BCUT2D eigenvalue weighted by Crippen LogP contribution is -2.39. The van der Waals surface area contributed by atoms with Crippen molar-refractivity contribution < 1.29 is 14.4 Å². The van der Waals surface area contributed by atoms with Gasteiger partial charge in [-0.2, -0.15) is 0 Å². The summed E-state index contributed by atoms with van der Waals surface area (Å²) in [6.07, 6.45) is 4.11. The number of rotatable bonds is 4. The molecule has 5 heteroatoms. The van der Waals surface area contributed by atoms with Gasteiger partial charge in [-0.05, 0) is 31.2 Å². The third-order valence-electron chi connectivity index (χ3n) is 3.35. The van der Waals surface area contributed by atoms with Crippen LogP contribution in [0.25, 0.3) is 0 Å². The summed E-state index contributed by atoms with van der Waals surface area (Å²) >= 11 is 1.60. The fourth-order valence-electron chi connectivity index (χ4n) is 2.15. The zero-order valence-corrected chi connectivity index (χ0v) is 12.2. The van der Waals surface area contributed by atoms with E-state index in [-0.39, 0.29) is 24.1 Å². The first-order valence-electron chi connectivity index (χ1n) is 6.62. The highest BCUT2D eigenvalue weighted by molar-refractivity contribution is 7.98. The number of carbonyl (C=O) groups excluding carboxylic acids is 3. The van der Waals surface area contributed by atoms with Crippen molar-refractivity contribution in [1.82, 2.24) is 4.90 Å². The Bertz CT molecular complexity index is 506. The highest BCUT2D eigenvalue weighted by Crippen LogP contribution is 2.17. The monoisotopic (exact) mass is 291 g/mol. The van der Waals surface area contributed by atoms with Crippen molar-refractivity contribution >= 4 is 29.4 Å². The summed E-state index contributed by atoms with van der Waals surface area (Å²) in [5, 5.41) is 0. The Balaban J connectivity index is 2.08. The normalized spacial score (nSPS) is 16.1. The Morgan fingerprint density at radius 1 is 1.10 bits per heavy atom. The first-order valence-corrected chi connectivity index (χ1v) is 7.84. The largest absolute Gasteiger partial charge is 0.292 e. The molecular weight excluding hydrogens is 274 g/mol. The van der Waals surface area contributed by atoms with Crippen molar-refractivity contribution in [3.8, 4) is 0 Å². The number of thioether (sulfide) groups is 1. The Labute approximate surface area is 122 Å². The molecule has 1 aliphatic rings. The Kier molecular flexibility index (Phi) is 4.95. The van der Waals surface area contributed by atoms with Crippen molar-refractivity contribution in [2.75, 3.05) is 12.8 Å². The summed E-state index contributed by atoms with van der Waals surface area (Å²) in [6.45, 7) is -0.143. The molecule has 0 atom stereocenters. The molecule has 0 unspecified atom stereocenters. The van der Waals surface area contributed by atoms with Crippen LogP contribution in [0.1, 0.15) is 36.0 Å². The molecule has 0 spiro atoms. The van der Waals surface area contributed by atoms with Gasteiger partial charge >= 0.3 is 0 Å². The number of likely N-dealkylation sites (tertiary alicyclic amines) is 1. The van der Waals surface area contributed by atoms with Gasteiger partial charge in [-0.25, -0.2) is 0 Å². The van der Waals surface area contributed by atoms with Crippen molar-refractivity contribution in [3.63, 3.8) is 0 Å². The molecule has 0 N–H and O–H groups in total. The van der Waals surface area contributed by atoms with E-state index in [1.807, 2.05) is 18.4 Å². The van der Waals surface area contributed by atoms with E-state index in [9.17, 15) is 14.4 Å². The fraction of sp³-hybridized carbons (Fsp3) is 0.400. The van der Waals surface area contributed by atoms with E-state index in [0.29, 0.717) is 18.4 Å². The predicted molar refractivity (Wildman–Crippen MR) is 77.7 cm³/mol. The molecule has 0 saturated carbocycles. The van der Waals surface area contributed by atoms with Gasteiger partial charge in [0.05, 0.1) is 6.54 Å². The van der Waals surface area contributed by atoms with Crippen LogP contribution >= 0.6 is 11.8 Å². The number of hydrogen-bond donors (Lipinski definition) is 0. The quantitative estimate of drug-likeness (QED) is 0.486. The van der Waals surface area contributed by atoms with Gasteiger partial charge < -0.3 is 0 Å². The SMILES string of the molecule is CSc1ccc(C(=O)CN2C(=O)CCCCC2=O)cc1. The highest BCUT2D eigenvalue weighted by Gasteiger charge is 2.26. The van der Waals surface area contributed by atoms with Gasteiger partial charge in [-0.3, -0.25) is 19.3 Å². The van der Waals surface area contributed by atoms with E-state index >= 15 is 0 Å². The van der Waals surface area contributed by atoms with Crippen LogP contribution in [0, 0.1) is 0 Å². The Hall–Kier alpha value is -1.62. The van der Waals surface area contributed by atoms with E-state index in [1.54, 1.807) is 23.9 Å². The van der Waals surface area contributed by atoms with E-state index < -0.39 is 0 Å². The molecule has 0 aliphatic carbocycles. The minimum Gasteiger partial charge on any atom is -0.292 e. The van der Waals surface area contributed by atoms with E-state index in [4.69, 9.17) is 0 Å². The molecule has 106 valence electrons. The van der Waals surface area contributed by atoms with Crippen molar-refractivity contribution in [2.45, 2.75) is 30.6 Å². The molecule has 1 heterocycles. The number of nitrogens with zero attached hydrogens (tertiary/aromatic N) is 1. The van der Waals surface area contributed by atoms with Crippen LogP contribution in [0.3, 0.4) is 0 Å². The summed E-state index contributed by atoms with van der Waals surface area (Å²) in [5.41, 5.74) is 0.535. The molecule has 0 radical (unpaired) electrons. The topological polar surface area (TPSA) is 54.5 Å². The molecule has 4 nitrogen and oxygen atoms in total. The van der Waals surface area contributed by atoms with Crippen LogP contribution < -0.4 is 0 Å². The zero-order chi connectivity index (χ0) is 14.5. The molecule has 20 heavy (non-hydrogen) atoms. The molecule has 1 fully saturated rings. The van der Waals surface area contributed by atoms with Crippen LogP contribution in [0.2, 0.25) is 0 Å². The van der Waals surface area contributed by atoms with Crippen LogP contribution in [0.5, 0.6) is 0 Å². The number of benzene rings is 1. The van der Waals surface area contributed by atoms with Gasteiger partial charge in [0, 0.05) is 23.3 Å². The summed E-state index contributed by atoms with van der Waals surface area (Å²) in [4.78, 5) is 38.0. The first kappa shape index (κ1) is 14.8. The van der Waals surface area contributed by atoms with Crippen LogP contribution in [-0.2, 0) is 9.59 Å². The maximum atomic E-state index is 12.2. The molecule has 1 saturated heterocycles. The predicted octanol–water partition coefficient (Wildman–Crippen LogP) is 2.52. The van der Waals surface area contributed by atoms with Crippen molar-refractivity contribution in [2.24, 2.45) is 0 Å². The third-order valence-corrected chi connectivity index (χ3v) is 4.09. The summed E-state index contributed by atoms with van der Waals surface area (Å²) in [5.74, 6) is -0.663. The minimum absolute atomic E-state index is 0.143. The van der Waals surface area contributed by atoms with Gasteiger partial charge in [0.1, 0.15) is 0 Å². The van der Waals surface area contributed by atoms with Gasteiger partial charge in [0.2, 0.25) is 11.8 Å². The number of ketones is 1. The van der Waals surface area contributed by atoms with E-state index in [1.165, 1.54) is 0 Å². The summed E-state index contributed by atoms with van der Waals surface area (Å²) < 4.78 is 0. The van der Waals surface area contributed by atoms with Gasteiger partial charge in [0.25, 0.3) is 0 Å². The number of amides is 2. The second-order valence-corrected chi connectivity index (χ2v) is 5.61. The number of carbonyl (C=O) groups is 3. The lowest BCUT2D eigenvalue weighted by atomic mass is 10.1. The second kappa shape index (κ2) is 6.70. The zero-order valence-electron chi connectivity index (χ0n) is 11.4. The lowest BCUT2D eigenvalue weighted by Gasteiger charge is -2.17. The molecule has 2 rings (SSSR count). The smallest absolute Gasteiger partial charge is 0.229 e. The first-order chi connectivity index (χ1) is 9.61. The molecular formula is C15H17NO3S. The number of Topliss-reactive ketones (excluding diaryl/α,β-unsaturated/α-hetero) is 1. The molecule has 2 amide bonds. The Morgan fingerprint density at radius 2 is 1.65 bits per heavy atom. The second-order valence-electron chi connectivity index (χ2n) is 4.73. The molecule has 1 aliphatic heterocycles. The number of imide groups is 1. The Morgan fingerprint density at radius 3 is 2.15 bits per heavy atom. The van der Waals surface area contributed by atoms with Crippen molar-refractivity contribution in [1.29, 1.82) is 0 Å². The average Bonchev–Trinajstić information content (AvgIpc) is 2.62. The van der Waals surface area contributed by atoms with E-state index in [2.05, 4.69) is 0 Å². The summed E-state index contributed by atoms with van der Waals surface area (Å²) in [6, 6.07) is 7.20. The standard InChI is InChI=1S/C15H17NO3S/c1-20-12-8-6-11(7-9-12)13(17)10-16-14(18)4-2-3-5-15(16)19/h6-9H,2-5,10H2,1H3. The molecule has 0 bridgehead atoms. The maximum absolute atomic E-state index is 12.2. The fourth-order valence-corrected chi connectivity index (χ4v) is 2.56. The van der Waals surface area contributed by atoms with Crippen LogP contribution in [0.15, 0.2) is 29.2 Å². The molecule has 1 aromatic carbocycles. The summed E-state index contributed by atoms with van der Waals surface area (Å²) in [7, 11) is 0. The molecule has 0 aromatic heterocycles. The average molecular weight is 291 g/mol. The van der Waals surface area contributed by atoms with Gasteiger partial charge in [-0.1, -0.05) is 12.1 Å². The highest BCUT2D eigenvalue weighted by atomic mass is 32.2. The van der Waals surface area contributed by atoms with Crippen molar-refractivity contribution in [3.05, 3.63) is 29.8 Å². The van der Waals surface area contributed by atoms with Crippen LogP contribution in [-0.4, -0.2) is 35.3 Å². The van der Waals surface area contributed by atoms with E-state index in [0.717, 1.165) is 22.6 Å². The number of hydrogen-bond acceptors (Lipinski definition) is 4. The minimum atomic E-state index is -0.235. The van der Waals surface area contributed by atoms with Gasteiger partial charge in [-0.15, -0.1) is 11.8 Å². The maximum Gasteiger partial charge on any atom is 0.229 e. The van der Waals surface area contributed by atoms with Gasteiger partial charge in [0.15, 0.2) is 5.78 Å². The lowest BCUT2D eigenvalue weighted by molar-refractivity contribution is -0.143. The van der Waals surface area contributed by atoms with Crippen LogP contribution in [0.4, 0.5) is 0 Å².